The number of hydrogen-bond donors (Lipinski definition) is 0. The maximum atomic E-state index is 13.1. The van der Waals surface area contributed by atoms with E-state index < -0.39 is 33.4 Å². The number of carbonyl (C=O) groups is 1. The van der Waals surface area contributed by atoms with E-state index in [0.717, 1.165) is 12.1 Å². The first-order chi connectivity index (χ1) is 6.75. The van der Waals surface area contributed by atoms with Crippen molar-refractivity contribution in [1.82, 2.24) is 0 Å². The van der Waals surface area contributed by atoms with Crippen LogP contribution in [0, 0.1) is 5.82 Å². The van der Waals surface area contributed by atoms with E-state index in [1.165, 1.54) is 0 Å². The zero-order chi connectivity index (χ0) is 11.8. The fraction of sp³-hybridized carbons (Fsp3) is 0.125. The highest BCUT2D eigenvalue weighted by Gasteiger charge is 2.39. The Hall–Kier alpha value is -0.810. The molecule has 0 aliphatic rings. The molecule has 0 saturated heterocycles. The Morgan fingerprint density at radius 1 is 1.27 bits per heavy atom. The monoisotopic (exact) mass is 260 g/mol. The molecule has 1 rings (SSSR count). The molecule has 0 radical (unpaired) electrons. The molecule has 0 spiro atoms. The Labute approximate surface area is 91.6 Å². The lowest BCUT2D eigenvalue weighted by atomic mass is 10.1. The molecule has 0 bridgehead atoms. The molecule has 0 saturated carbocycles. The summed E-state index contributed by atoms with van der Waals surface area (Å²) in [6, 6.07) is 1.56. The topological polar surface area (TPSA) is 17.1 Å². The zero-order valence-corrected chi connectivity index (χ0v) is 8.34. The van der Waals surface area contributed by atoms with Crippen LogP contribution in [0.5, 0.6) is 0 Å². The van der Waals surface area contributed by atoms with Crippen molar-refractivity contribution in [2.75, 3.05) is 0 Å². The third-order valence-electron chi connectivity index (χ3n) is 1.59. The van der Waals surface area contributed by atoms with Gasteiger partial charge in [-0.2, -0.15) is 13.2 Å². The van der Waals surface area contributed by atoms with E-state index in [2.05, 4.69) is 0 Å². The van der Waals surface area contributed by atoms with Crippen molar-refractivity contribution in [3.05, 3.63) is 34.1 Å². The molecule has 1 nitrogen and oxygen atoms in total. The number of rotatable bonds is 1. The number of carbonyl (C=O) groups excluding carboxylic acids is 1. The number of benzene rings is 1. The molecule has 1 aromatic carbocycles. The Bertz CT molecular complexity index is 414. The molecule has 0 amide bonds. The fourth-order valence-electron chi connectivity index (χ4n) is 0.992. The van der Waals surface area contributed by atoms with Gasteiger partial charge >= 0.3 is 6.18 Å². The van der Waals surface area contributed by atoms with Crippen molar-refractivity contribution in [3.63, 3.8) is 0 Å². The average molecular weight is 261 g/mol. The highest BCUT2D eigenvalue weighted by molar-refractivity contribution is 6.68. The van der Waals surface area contributed by atoms with Gasteiger partial charge in [0.25, 0.3) is 5.24 Å². The Balaban J connectivity index is 3.57. The molecule has 0 fully saturated rings. The molecule has 0 N–H and O–H groups in total. The Morgan fingerprint density at radius 2 is 1.80 bits per heavy atom. The van der Waals surface area contributed by atoms with Crippen LogP contribution >= 0.6 is 23.2 Å². The second kappa shape index (κ2) is 3.98. The molecule has 0 aliphatic carbocycles. The molecular formula is C8H2Cl2F4O. The minimum Gasteiger partial charge on any atom is -0.276 e. The lowest BCUT2D eigenvalue weighted by Crippen LogP contribution is -2.14. The molecule has 7 heteroatoms. The van der Waals surface area contributed by atoms with Crippen LogP contribution in [0.1, 0.15) is 15.9 Å². The third kappa shape index (κ3) is 2.41. The summed E-state index contributed by atoms with van der Waals surface area (Å²) in [7, 11) is 0. The molecule has 0 unspecified atom stereocenters. The van der Waals surface area contributed by atoms with Gasteiger partial charge in [0, 0.05) is 5.56 Å². The summed E-state index contributed by atoms with van der Waals surface area (Å²) in [5.41, 5.74) is -2.69. The van der Waals surface area contributed by atoms with Gasteiger partial charge in [-0.25, -0.2) is 4.39 Å². The predicted molar refractivity (Wildman–Crippen MR) is 46.6 cm³/mol. The van der Waals surface area contributed by atoms with Gasteiger partial charge in [0.2, 0.25) is 0 Å². The van der Waals surface area contributed by atoms with Crippen LogP contribution in [0.3, 0.4) is 0 Å². The van der Waals surface area contributed by atoms with Crippen molar-refractivity contribution in [3.8, 4) is 0 Å². The molecule has 0 aromatic heterocycles. The zero-order valence-electron chi connectivity index (χ0n) is 6.83. The van der Waals surface area contributed by atoms with Gasteiger partial charge in [-0.15, -0.1) is 0 Å². The summed E-state index contributed by atoms with van der Waals surface area (Å²) < 4.78 is 50.1. The molecule has 82 valence electrons. The second-order valence-corrected chi connectivity index (χ2v) is 3.31. The molecule has 0 aliphatic heterocycles. The van der Waals surface area contributed by atoms with Crippen LogP contribution < -0.4 is 0 Å². The van der Waals surface area contributed by atoms with Crippen molar-refractivity contribution >= 4 is 28.4 Å². The summed E-state index contributed by atoms with van der Waals surface area (Å²) in [6.07, 6.45) is -5.02. The molecule has 1 aromatic rings. The molecular weight excluding hydrogens is 259 g/mol. The minimum absolute atomic E-state index is 0.719. The molecule has 15 heavy (non-hydrogen) atoms. The van der Waals surface area contributed by atoms with Crippen LogP contribution in [0.2, 0.25) is 5.02 Å². The van der Waals surface area contributed by atoms with E-state index in [4.69, 9.17) is 23.2 Å². The van der Waals surface area contributed by atoms with Crippen LogP contribution in [0.25, 0.3) is 0 Å². The van der Waals surface area contributed by atoms with Crippen molar-refractivity contribution < 1.29 is 22.4 Å². The lowest BCUT2D eigenvalue weighted by Gasteiger charge is -2.11. The van der Waals surface area contributed by atoms with Crippen molar-refractivity contribution in [1.29, 1.82) is 0 Å². The van der Waals surface area contributed by atoms with Crippen molar-refractivity contribution in [2.45, 2.75) is 6.18 Å². The SMILES string of the molecule is O=C(Cl)c1ccc(Cl)c(F)c1C(F)(F)F. The normalized spacial score (nSPS) is 11.6. The van der Waals surface area contributed by atoms with Crippen molar-refractivity contribution in [2.24, 2.45) is 0 Å². The van der Waals surface area contributed by atoms with Gasteiger partial charge in [0.05, 0.1) is 5.02 Å². The van der Waals surface area contributed by atoms with E-state index >= 15 is 0 Å². The minimum atomic E-state index is -5.02. The van der Waals surface area contributed by atoms with Gasteiger partial charge < -0.3 is 0 Å². The van der Waals surface area contributed by atoms with E-state index in [1.54, 1.807) is 0 Å². The first-order valence-electron chi connectivity index (χ1n) is 3.50. The summed E-state index contributed by atoms with van der Waals surface area (Å²) >= 11 is 10.1. The quantitative estimate of drug-likeness (QED) is 0.553. The van der Waals surface area contributed by atoms with E-state index in [1.807, 2.05) is 0 Å². The van der Waals surface area contributed by atoms with E-state index in [-0.39, 0.29) is 0 Å². The second-order valence-electron chi connectivity index (χ2n) is 2.56. The van der Waals surface area contributed by atoms with Crippen LogP contribution in [0.4, 0.5) is 17.6 Å². The fourth-order valence-corrected chi connectivity index (χ4v) is 1.31. The van der Waals surface area contributed by atoms with Crippen LogP contribution in [0.15, 0.2) is 12.1 Å². The number of hydrogen-bond acceptors (Lipinski definition) is 1. The summed E-state index contributed by atoms with van der Waals surface area (Å²) in [4.78, 5) is 10.6. The van der Waals surface area contributed by atoms with Gasteiger partial charge in [0.15, 0.2) is 5.82 Å². The van der Waals surface area contributed by atoms with E-state index in [9.17, 15) is 22.4 Å². The van der Waals surface area contributed by atoms with Gasteiger partial charge in [0.1, 0.15) is 5.56 Å². The first-order valence-corrected chi connectivity index (χ1v) is 4.25. The standard InChI is InChI=1S/C8H2Cl2F4O/c9-4-2-1-3(7(10)15)5(6(4)11)8(12,13)14/h1-2H. The highest BCUT2D eigenvalue weighted by atomic mass is 35.5. The average Bonchev–Trinajstić information content (AvgIpc) is 2.06. The third-order valence-corrected chi connectivity index (χ3v) is 2.09. The maximum Gasteiger partial charge on any atom is 0.420 e. The van der Waals surface area contributed by atoms with E-state index in [0.29, 0.717) is 0 Å². The van der Waals surface area contributed by atoms with Crippen LogP contribution in [-0.4, -0.2) is 5.24 Å². The van der Waals surface area contributed by atoms with Crippen LogP contribution in [-0.2, 0) is 6.18 Å². The molecule has 0 heterocycles. The summed E-state index contributed by atoms with van der Waals surface area (Å²) in [5, 5.41) is -2.11. The Morgan fingerprint density at radius 3 is 2.20 bits per heavy atom. The predicted octanol–water partition coefficient (Wildman–Crippen LogP) is 3.88. The lowest BCUT2D eigenvalue weighted by molar-refractivity contribution is -0.140. The van der Waals surface area contributed by atoms with Gasteiger partial charge in [-0.05, 0) is 23.7 Å². The summed E-state index contributed by atoms with van der Waals surface area (Å²) in [5.74, 6) is -1.70. The number of halogens is 6. The smallest absolute Gasteiger partial charge is 0.276 e. The summed E-state index contributed by atoms with van der Waals surface area (Å²) in [6.45, 7) is 0. The van der Waals surface area contributed by atoms with Gasteiger partial charge in [-0.3, -0.25) is 4.79 Å². The first kappa shape index (κ1) is 12.3. The molecule has 0 atom stereocenters. The largest absolute Gasteiger partial charge is 0.420 e. The highest BCUT2D eigenvalue weighted by Crippen LogP contribution is 2.37. The Kier molecular flexibility index (Phi) is 3.25. The maximum absolute atomic E-state index is 13.1. The van der Waals surface area contributed by atoms with Gasteiger partial charge in [-0.1, -0.05) is 11.6 Å². The number of alkyl halides is 3.